The number of hydrogen-bond acceptors (Lipinski definition) is 7. The standard InChI is InChI=1S/C19H31NO7/c1-7-8-24-18(23)11(2)9-26-19-17(20-14(5)21)13(4)12(3)16(27-19)10-25-15(6)22/h7,11-13,16-17,19H,1,8-10H2,2-6H3,(H,20,21)/t11-,12-,13?,16?,17-,19?/m0/s1. The molecule has 1 amide bonds. The van der Waals surface area contributed by atoms with Gasteiger partial charge in [0.2, 0.25) is 5.91 Å². The number of hydrogen-bond donors (Lipinski definition) is 1. The molecule has 8 heteroatoms. The average molecular weight is 385 g/mol. The predicted molar refractivity (Wildman–Crippen MR) is 97.5 cm³/mol. The van der Waals surface area contributed by atoms with Gasteiger partial charge in [0.05, 0.1) is 24.7 Å². The van der Waals surface area contributed by atoms with Gasteiger partial charge >= 0.3 is 11.9 Å². The number of carbonyl (C=O) groups is 3. The van der Waals surface area contributed by atoms with Crippen LogP contribution in [0.4, 0.5) is 0 Å². The van der Waals surface area contributed by atoms with Gasteiger partial charge in [-0.3, -0.25) is 14.4 Å². The van der Waals surface area contributed by atoms with Crippen LogP contribution in [-0.2, 0) is 33.3 Å². The van der Waals surface area contributed by atoms with Crippen LogP contribution in [-0.4, -0.2) is 56.1 Å². The first kappa shape index (κ1) is 23.1. The number of carbonyl (C=O) groups excluding carboxylic acids is 3. The smallest absolute Gasteiger partial charge is 0.311 e. The Labute approximate surface area is 160 Å². The molecule has 0 saturated carbocycles. The van der Waals surface area contributed by atoms with Gasteiger partial charge in [0, 0.05) is 13.8 Å². The molecular weight excluding hydrogens is 354 g/mol. The zero-order chi connectivity index (χ0) is 20.6. The highest BCUT2D eigenvalue weighted by molar-refractivity contribution is 5.73. The summed E-state index contributed by atoms with van der Waals surface area (Å²) in [6, 6.07) is -0.387. The Morgan fingerprint density at radius 2 is 1.85 bits per heavy atom. The first-order valence-corrected chi connectivity index (χ1v) is 9.12. The van der Waals surface area contributed by atoms with Crippen molar-refractivity contribution in [2.45, 2.75) is 53.1 Å². The van der Waals surface area contributed by atoms with E-state index >= 15 is 0 Å². The topological polar surface area (TPSA) is 100 Å². The lowest BCUT2D eigenvalue weighted by Crippen LogP contribution is -2.58. The van der Waals surface area contributed by atoms with Crippen LogP contribution in [0.3, 0.4) is 0 Å². The van der Waals surface area contributed by atoms with Gasteiger partial charge in [0.15, 0.2) is 6.29 Å². The molecule has 0 bridgehead atoms. The first-order chi connectivity index (χ1) is 12.7. The zero-order valence-corrected chi connectivity index (χ0v) is 16.7. The van der Waals surface area contributed by atoms with Crippen molar-refractivity contribution in [1.82, 2.24) is 5.32 Å². The Kier molecular flexibility index (Phi) is 9.45. The van der Waals surface area contributed by atoms with E-state index in [4.69, 9.17) is 18.9 Å². The van der Waals surface area contributed by atoms with Crippen molar-refractivity contribution >= 4 is 17.8 Å². The second-order valence-corrected chi connectivity index (χ2v) is 6.94. The molecule has 1 aliphatic heterocycles. The van der Waals surface area contributed by atoms with E-state index < -0.39 is 24.1 Å². The lowest BCUT2D eigenvalue weighted by Gasteiger charge is -2.44. The molecule has 1 aliphatic rings. The maximum atomic E-state index is 11.9. The van der Waals surface area contributed by atoms with Gasteiger partial charge in [-0.1, -0.05) is 26.5 Å². The number of ether oxygens (including phenoxy) is 4. The Morgan fingerprint density at radius 1 is 1.19 bits per heavy atom. The Morgan fingerprint density at radius 3 is 2.41 bits per heavy atom. The minimum Gasteiger partial charge on any atom is -0.463 e. The van der Waals surface area contributed by atoms with Gasteiger partial charge < -0.3 is 24.3 Å². The van der Waals surface area contributed by atoms with Crippen molar-refractivity contribution in [2.75, 3.05) is 19.8 Å². The lowest BCUT2D eigenvalue weighted by molar-refractivity contribution is -0.247. The molecule has 0 aromatic rings. The monoisotopic (exact) mass is 385 g/mol. The third-order valence-electron chi connectivity index (χ3n) is 4.66. The highest BCUT2D eigenvalue weighted by Crippen LogP contribution is 2.32. The summed E-state index contributed by atoms with van der Waals surface area (Å²) in [7, 11) is 0. The Bertz CT molecular complexity index is 534. The highest BCUT2D eigenvalue weighted by atomic mass is 16.7. The molecule has 3 unspecified atom stereocenters. The first-order valence-electron chi connectivity index (χ1n) is 9.12. The molecule has 8 nitrogen and oxygen atoms in total. The van der Waals surface area contributed by atoms with Crippen LogP contribution in [0, 0.1) is 17.8 Å². The summed E-state index contributed by atoms with van der Waals surface area (Å²) >= 11 is 0. The van der Waals surface area contributed by atoms with Gasteiger partial charge in [-0.25, -0.2) is 0 Å². The quantitative estimate of drug-likeness (QED) is 0.473. The Balaban J connectivity index is 2.78. The van der Waals surface area contributed by atoms with E-state index in [9.17, 15) is 14.4 Å². The molecule has 1 saturated heterocycles. The van der Waals surface area contributed by atoms with E-state index in [1.807, 2.05) is 13.8 Å². The minimum atomic E-state index is -0.768. The summed E-state index contributed by atoms with van der Waals surface area (Å²) in [5.41, 5.74) is 0. The van der Waals surface area contributed by atoms with Gasteiger partial charge in [-0.15, -0.1) is 0 Å². The number of amides is 1. The van der Waals surface area contributed by atoms with Crippen molar-refractivity contribution in [3.63, 3.8) is 0 Å². The summed E-state index contributed by atoms with van der Waals surface area (Å²) in [5, 5.41) is 2.86. The van der Waals surface area contributed by atoms with Gasteiger partial charge in [0.1, 0.15) is 13.2 Å². The molecule has 1 N–H and O–H groups in total. The van der Waals surface area contributed by atoms with Gasteiger partial charge in [0.25, 0.3) is 0 Å². The fourth-order valence-corrected chi connectivity index (χ4v) is 2.85. The van der Waals surface area contributed by atoms with E-state index in [2.05, 4.69) is 11.9 Å². The summed E-state index contributed by atoms with van der Waals surface area (Å²) in [4.78, 5) is 34.6. The van der Waals surface area contributed by atoms with Gasteiger partial charge in [-0.2, -0.15) is 0 Å². The van der Waals surface area contributed by atoms with Crippen LogP contribution in [0.25, 0.3) is 0 Å². The molecule has 1 heterocycles. The lowest BCUT2D eigenvalue weighted by atomic mass is 9.82. The van der Waals surface area contributed by atoms with Crippen LogP contribution < -0.4 is 5.32 Å². The summed E-state index contributed by atoms with van der Waals surface area (Å²) in [6.07, 6.45) is 0.350. The van der Waals surface area contributed by atoms with Crippen molar-refractivity contribution in [2.24, 2.45) is 17.8 Å². The summed E-state index contributed by atoms with van der Waals surface area (Å²) < 4.78 is 21.9. The molecule has 0 aromatic heterocycles. The van der Waals surface area contributed by atoms with Gasteiger partial charge in [-0.05, 0) is 18.8 Å². The summed E-state index contributed by atoms with van der Waals surface area (Å²) in [5.74, 6) is -1.47. The second kappa shape index (κ2) is 11.0. The molecule has 1 rings (SSSR count). The summed E-state index contributed by atoms with van der Waals surface area (Å²) in [6.45, 7) is 12.2. The molecule has 6 atom stereocenters. The van der Waals surface area contributed by atoms with Crippen LogP contribution in [0.2, 0.25) is 0 Å². The fourth-order valence-electron chi connectivity index (χ4n) is 2.85. The normalized spacial score (nSPS) is 28.7. The van der Waals surface area contributed by atoms with Crippen LogP contribution in [0.5, 0.6) is 0 Å². The molecular formula is C19H31NO7. The van der Waals surface area contributed by atoms with E-state index in [0.29, 0.717) is 0 Å². The zero-order valence-electron chi connectivity index (χ0n) is 16.7. The maximum absolute atomic E-state index is 11.9. The third-order valence-corrected chi connectivity index (χ3v) is 4.66. The highest BCUT2D eigenvalue weighted by Gasteiger charge is 2.43. The molecule has 0 aromatic carbocycles. The number of rotatable bonds is 9. The van der Waals surface area contributed by atoms with E-state index in [0.717, 1.165) is 0 Å². The molecule has 27 heavy (non-hydrogen) atoms. The maximum Gasteiger partial charge on any atom is 0.311 e. The van der Waals surface area contributed by atoms with Crippen molar-refractivity contribution in [3.8, 4) is 0 Å². The molecule has 154 valence electrons. The Hall–Kier alpha value is -1.93. The van der Waals surface area contributed by atoms with Crippen molar-refractivity contribution in [1.29, 1.82) is 0 Å². The van der Waals surface area contributed by atoms with Crippen molar-refractivity contribution < 1.29 is 33.3 Å². The third kappa shape index (κ3) is 7.30. The second-order valence-electron chi connectivity index (χ2n) is 6.94. The molecule has 0 spiro atoms. The largest absolute Gasteiger partial charge is 0.463 e. The number of esters is 2. The van der Waals surface area contributed by atoms with E-state index in [1.165, 1.54) is 19.9 Å². The number of nitrogens with one attached hydrogen (secondary N) is 1. The van der Waals surface area contributed by atoms with Crippen LogP contribution in [0.15, 0.2) is 12.7 Å². The van der Waals surface area contributed by atoms with E-state index in [1.54, 1.807) is 6.92 Å². The SMILES string of the molecule is C=CCOC(=O)[C@@H](C)COC1OC(COC(C)=O)[C@@H](C)C(C)[C@@H]1NC(C)=O. The fraction of sp³-hybridized carbons (Fsp3) is 0.737. The van der Waals surface area contributed by atoms with Crippen LogP contribution >= 0.6 is 0 Å². The van der Waals surface area contributed by atoms with E-state index in [-0.39, 0.29) is 49.7 Å². The van der Waals surface area contributed by atoms with Crippen LogP contribution in [0.1, 0.15) is 34.6 Å². The van der Waals surface area contributed by atoms with Crippen molar-refractivity contribution in [3.05, 3.63) is 12.7 Å². The molecule has 0 aliphatic carbocycles. The minimum absolute atomic E-state index is 0.0104. The average Bonchev–Trinajstić information content (AvgIpc) is 2.61. The predicted octanol–water partition coefficient (Wildman–Crippen LogP) is 1.43. The molecule has 0 radical (unpaired) electrons. The molecule has 1 fully saturated rings.